The lowest BCUT2D eigenvalue weighted by atomic mass is 9.98. The van der Waals surface area contributed by atoms with Gasteiger partial charge < -0.3 is 19.6 Å². The molecule has 1 aliphatic carbocycles. The van der Waals surface area contributed by atoms with E-state index in [9.17, 15) is 9.90 Å². The number of hydrogen-bond donors (Lipinski definition) is 1. The van der Waals surface area contributed by atoms with Crippen LogP contribution < -0.4 is 4.90 Å². The molecule has 148 valence electrons. The van der Waals surface area contributed by atoms with Gasteiger partial charge in [0.2, 0.25) is 5.88 Å². The van der Waals surface area contributed by atoms with E-state index in [1.165, 1.54) is 33.6 Å². The number of amides is 1. The molecule has 6 nitrogen and oxygen atoms in total. The highest BCUT2D eigenvalue weighted by Gasteiger charge is 2.30. The first kappa shape index (κ1) is 18.0. The van der Waals surface area contributed by atoms with Gasteiger partial charge in [-0.3, -0.25) is 0 Å². The molecule has 2 heterocycles. The Morgan fingerprint density at radius 2 is 1.66 bits per heavy atom. The summed E-state index contributed by atoms with van der Waals surface area (Å²) in [6, 6.07) is 16.7. The Morgan fingerprint density at radius 1 is 1.03 bits per heavy atom. The minimum atomic E-state index is -0.270. The quantitative estimate of drug-likeness (QED) is 0.713. The van der Waals surface area contributed by atoms with Crippen molar-refractivity contribution in [2.75, 3.05) is 37.7 Å². The van der Waals surface area contributed by atoms with Crippen molar-refractivity contribution in [3.8, 4) is 17.0 Å². The monoisotopic (exact) mass is 407 g/mol. The summed E-state index contributed by atoms with van der Waals surface area (Å²) in [6.07, 6.45) is -0.270. The number of carbonyl (C=O) groups is 1. The van der Waals surface area contributed by atoms with Gasteiger partial charge in [0.1, 0.15) is 6.61 Å². The van der Waals surface area contributed by atoms with Crippen molar-refractivity contribution in [2.45, 2.75) is 5.92 Å². The molecule has 1 aromatic heterocycles. The van der Waals surface area contributed by atoms with Crippen molar-refractivity contribution < 1.29 is 14.6 Å². The molecule has 0 bridgehead atoms. The number of aromatic hydroxyl groups is 1. The van der Waals surface area contributed by atoms with E-state index in [4.69, 9.17) is 4.74 Å². The van der Waals surface area contributed by atoms with E-state index in [-0.39, 0.29) is 17.9 Å². The van der Waals surface area contributed by atoms with Gasteiger partial charge in [0, 0.05) is 32.1 Å². The molecule has 1 amide bonds. The predicted octanol–water partition coefficient (Wildman–Crippen LogP) is 3.92. The number of fused-ring (bicyclic) bond motifs is 3. The van der Waals surface area contributed by atoms with Gasteiger partial charge in [-0.1, -0.05) is 48.5 Å². The number of piperazine rings is 1. The summed E-state index contributed by atoms with van der Waals surface area (Å²) in [5.74, 6) is 0.120. The summed E-state index contributed by atoms with van der Waals surface area (Å²) >= 11 is 1.41. The van der Waals surface area contributed by atoms with E-state index in [0.29, 0.717) is 32.8 Å². The third kappa shape index (κ3) is 3.31. The first-order valence-electron chi connectivity index (χ1n) is 9.70. The Morgan fingerprint density at radius 3 is 2.24 bits per heavy atom. The maximum Gasteiger partial charge on any atom is 0.409 e. The van der Waals surface area contributed by atoms with Crippen molar-refractivity contribution in [1.82, 2.24) is 9.88 Å². The number of benzene rings is 2. The molecule has 3 aromatic rings. The van der Waals surface area contributed by atoms with Gasteiger partial charge in [0.05, 0.1) is 5.38 Å². The van der Waals surface area contributed by atoms with E-state index in [1.54, 1.807) is 10.3 Å². The minimum Gasteiger partial charge on any atom is -0.493 e. The SMILES string of the molecule is O=C(OCC1c2ccccc2-c2ccccc21)N1CCN(c2nc(O)cs2)CC1. The summed E-state index contributed by atoms with van der Waals surface area (Å²) in [6.45, 7) is 2.86. The van der Waals surface area contributed by atoms with Crippen molar-refractivity contribution in [2.24, 2.45) is 0 Å². The number of anilines is 1. The smallest absolute Gasteiger partial charge is 0.409 e. The van der Waals surface area contributed by atoms with Crippen LogP contribution in [-0.4, -0.2) is 53.9 Å². The third-order valence-electron chi connectivity index (χ3n) is 5.62. The van der Waals surface area contributed by atoms with Gasteiger partial charge in [-0.2, -0.15) is 4.98 Å². The predicted molar refractivity (Wildman–Crippen MR) is 113 cm³/mol. The Balaban J connectivity index is 1.23. The van der Waals surface area contributed by atoms with Crippen LogP contribution in [0.25, 0.3) is 11.1 Å². The Labute approximate surface area is 173 Å². The number of thiazole rings is 1. The Bertz CT molecular complexity index is 998. The van der Waals surface area contributed by atoms with Crippen LogP contribution in [0.4, 0.5) is 9.93 Å². The summed E-state index contributed by atoms with van der Waals surface area (Å²) in [7, 11) is 0. The molecular formula is C22H21N3O3S. The highest BCUT2D eigenvalue weighted by atomic mass is 32.1. The van der Waals surface area contributed by atoms with Crippen molar-refractivity contribution >= 4 is 22.6 Å². The van der Waals surface area contributed by atoms with E-state index in [1.807, 2.05) is 24.3 Å². The van der Waals surface area contributed by atoms with Crippen molar-refractivity contribution in [3.63, 3.8) is 0 Å². The lowest BCUT2D eigenvalue weighted by molar-refractivity contribution is 0.0976. The third-order valence-corrected chi connectivity index (χ3v) is 6.51. The van der Waals surface area contributed by atoms with E-state index in [2.05, 4.69) is 34.1 Å². The number of ether oxygens (including phenoxy) is 1. The lowest BCUT2D eigenvalue weighted by Crippen LogP contribution is -2.49. The van der Waals surface area contributed by atoms with Gasteiger partial charge in [-0.25, -0.2) is 4.79 Å². The van der Waals surface area contributed by atoms with Crippen LogP contribution in [0.3, 0.4) is 0 Å². The molecule has 0 saturated carbocycles. The molecule has 1 fully saturated rings. The largest absolute Gasteiger partial charge is 0.493 e. The van der Waals surface area contributed by atoms with Crippen LogP contribution in [0, 0.1) is 0 Å². The second kappa shape index (κ2) is 7.40. The molecular weight excluding hydrogens is 386 g/mol. The van der Waals surface area contributed by atoms with E-state index in [0.717, 1.165) is 5.13 Å². The summed E-state index contributed by atoms with van der Waals surface area (Å²) in [5.41, 5.74) is 4.89. The van der Waals surface area contributed by atoms with E-state index < -0.39 is 0 Å². The molecule has 1 N–H and O–H groups in total. The van der Waals surface area contributed by atoms with Crippen LogP contribution in [0.15, 0.2) is 53.9 Å². The molecule has 29 heavy (non-hydrogen) atoms. The fourth-order valence-corrected chi connectivity index (χ4v) is 4.91. The molecule has 2 aliphatic rings. The van der Waals surface area contributed by atoms with Gasteiger partial charge >= 0.3 is 6.09 Å². The number of aromatic nitrogens is 1. The number of nitrogens with zero attached hydrogens (tertiary/aromatic N) is 3. The zero-order chi connectivity index (χ0) is 19.8. The molecule has 1 aliphatic heterocycles. The molecule has 0 spiro atoms. The van der Waals surface area contributed by atoms with Gasteiger partial charge in [0.25, 0.3) is 0 Å². The van der Waals surface area contributed by atoms with Crippen LogP contribution in [0.5, 0.6) is 5.88 Å². The highest BCUT2D eigenvalue weighted by Crippen LogP contribution is 2.44. The zero-order valence-corrected chi connectivity index (χ0v) is 16.6. The zero-order valence-electron chi connectivity index (χ0n) is 15.8. The molecule has 0 radical (unpaired) electrons. The summed E-state index contributed by atoms with van der Waals surface area (Å²) in [4.78, 5) is 20.6. The van der Waals surface area contributed by atoms with Crippen LogP contribution in [0.1, 0.15) is 17.0 Å². The van der Waals surface area contributed by atoms with E-state index >= 15 is 0 Å². The average Bonchev–Trinajstić information content (AvgIpc) is 3.34. The number of hydrogen-bond acceptors (Lipinski definition) is 6. The second-order valence-corrected chi connectivity index (χ2v) is 8.10. The average molecular weight is 407 g/mol. The first-order valence-corrected chi connectivity index (χ1v) is 10.6. The second-order valence-electron chi connectivity index (χ2n) is 7.27. The fraction of sp³-hybridized carbons (Fsp3) is 0.273. The van der Waals surface area contributed by atoms with Gasteiger partial charge in [-0.05, 0) is 22.3 Å². The van der Waals surface area contributed by atoms with Gasteiger partial charge in [0.15, 0.2) is 5.13 Å². The maximum absolute atomic E-state index is 12.7. The number of carbonyl (C=O) groups excluding carboxylic acids is 1. The van der Waals surface area contributed by atoms with Crippen molar-refractivity contribution in [1.29, 1.82) is 0 Å². The molecule has 0 atom stereocenters. The van der Waals surface area contributed by atoms with Gasteiger partial charge in [-0.15, -0.1) is 11.3 Å². The van der Waals surface area contributed by atoms with Crippen LogP contribution in [0.2, 0.25) is 0 Å². The standard InChI is InChI=1S/C22H21N3O3S/c26-20-14-29-21(23-20)24-9-11-25(12-10-24)22(27)28-13-19-17-7-3-1-5-15(17)16-6-2-4-8-18(16)19/h1-8,14,19,26H,9-13H2. The Kier molecular flexibility index (Phi) is 4.60. The minimum absolute atomic E-state index is 0.0453. The lowest BCUT2D eigenvalue weighted by Gasteiger charge is -2.34. The first-order chi connectivity index (χ1) is 14.2. The fourth-order valence-electron chi connectivity index (χ4n) is 4.17. The molecule has 7 heteroatoms. The van der Waals surface area contributed by atoms with Crippen LogP contribution >= 0.6 is 11.3 Å². The molecule has 1 saturated heterocycles. The maximum atomic E-state index is 12.7. The highest BCUT2D eigenvalue weighted by molar-refractivity contribution is 7.13. The normalized spacial score (nSPS) is 15.9. The van der Waals surface area contributed by atoms with Crippen LogP contribution in [-0.2, 0) is 4.74 Å². The topological polar surface area (TPSA) is 65.9 Å². The molecule has 2 aromatic carbocycles. The molecule has 5 rings (SSSR count). The molecule has 0 unspecified atom stereocenters. The van der Waals surface area contributed by atoms with Crippen molar-refractivity contribution in [3.05, 3.63) is 65.0 Å². The number of rotatable bonds is 3. The summed E-state index contributed by atoms with van der Waals surface area (Å²) < 4.78 is 5.74. The Hall–Kier alpha value is -3.06. The summed E-state index contributed by atoms with van der Waals surface area (Å²) in [5, 5.41) is 11.8.